The Morgan fingerprint density at radius 3 is 2.92 bits per heavy atom. The minimum atomic E-state index is 0.495. The van der Waals surface area contributed by atoms with Crippen LogP contribution in [-0.2, 0) is 0 Å². The predicted octanol–water partition coefficient (Wildman–Crippen LogP) is 2.20. The maximum absolute atomic E-state index is 4.44. The Hall–Kier alpha value is -0.890. The fourth-order valence-electron chi connectivity index (χ4n) is 1.79. The third kappa shape index (κ3) is 2.07. The molecule has 0 spiro atoms. The van der Waals surface area contributed by atoms with Crippen LogP contribution in [0.2, 0.25) is 0 Å². The molecule has 0 radical (unpaired) electrons. The van der Waals surface area contributed by atoms with Crippen molar-refractivity contribution < 1.29 is 0 Å². The van der Waals surface area contributed by atoms with E-state index in [0.29, 0.717) is 6.04 Å². The zero-order valence-corrected chi connectivity index (χ0v) is 8.09. The Balaban J connectivity index is 2.10. The molecular weight excluding hydrogens is 160 g/mol. The lowest BCUT2D eigenvalue weighted by atomic mass is 10.0. The van der Waals surface area contributed by atoms with E-state index in [9.17, 15) is 0 Å². The highest BCUT2D eigenvalue weighted by Gasteiger charge is 2.14. The van der Waals surface area contributed by atoms with Gasteiger partial charge in [-0.25, -0.2) is 0 Å². The van der Waals surface area contributed by atoms with Gasteiger partial charge in [0.1, 0.15) is 0 Å². The molecule has 2 heteroatoms. The van der Waals surface area contributed by atoms with Crippen molar-refractivity contribution >= 4 is 0 Å². The third-order valence-corrected chi connectivity index (χ3v) is 2.60. The van der Waals surface area contributed by atoms with Crippen LogP contribution in [0, 0.1) is 6.92 Å². The molecule has 0 amide bonds. The number of aromatic nitrogens is 1. The SMILES string of the molecule is Cc1ccc(C2CCCCN2)nc1. The number of hydrogen-bond acceptors (Lipinski definition) is 2. The van der Waals surface area contributed by atoms with E-state index in [4.69, 9.17) is 0 Å². The van der Waals surface area contributed by atoms with Gasteiger partial charge in [0.15, 0.2) is 0 Å². The fraction of sp³-hybridized carbons (Fsp3) is 0.545. The molecule has 2 nitrogen and oxygen atoms in total. The Morgan fingerprint density at radius 1 is 1.38 bits per heavy atom. The third-order valence-electron chi connectivity index (χ3n) is 2.60. The minimum Gasteiger partial charge on any atom is -0.309 e. The first kappa shape index (κ1) is 8.70. The lowest BCUT2D eigenvalue weighted by molar-refractivity contribution is 0.405. The lowest BCUT2D eigenvalue weighted by Crippen LogP contribution is -2.27. The van der Waals surface area contributed by atoms with Gasteiger partial charge in [-0.1, -0.05) is 12.5 Å². The largest absolute Gasteiger partial charge is 0.309 e. The van der Waals surface area contributed by atoms with E-state index in [1.54, 1.807) is 0 Å². The van der Waals surface area contributed by atoms with Crippen LogP contribution >= 0.6 is 0 Å². The zero-order chi connectivity index (χ0) is 9.10. The summed E-state index contributed by atoms with van der Waals surface area (Å²) in [7, 11) is 0. The molecular formula is C11H16N2. The van der Waals surface area contributed by atoms with Crippen LogP contribution in [-0.4, -0.2) is 11.5 Å². The summed E-state index contributed by atoms with van der Waals surface area (Å²) in [5.74, 6) is 0. The van der Waals surface area contributed by atoms with Gasteiger partial charge < -0.3 is 5.32 Å². The summed E-state index contributed by atoms with van der Waals surface area (Å²) in [4.78, 5) is 4.44. The smallest absolute Gasteiger partial charge is 0.0573 e. The Bertz CT molecular complexity index is 260. The van der Waals surface area contributed by atoms with Gasteiger partial charge in [-0.05, 0) is 37.9 Å². The molecule has 0 saturated carbocycles. The normalized spacial score (nSPS) is 23.0. The number of rotatable bonds is 1. The second-order valence-electron chi connectivity index (χ2n) is 3.76. The maximum Gasteiger partial charge on any atom is 0.0573 e. The molecule has 1 aromatic rings. The van der Waals surface area contributed by atoms with Gasteiger partial charge in [0.2, 0.25) is 0 Å². The van der Waals surface area contributed by atoms with Crippen LogP contribution in [0.3, 0.4) is 0 Å². The van der Waals surface area contributed by atoms with Crippen molar-refractivity contribution in [1.82, 2.24) is 10.3 Å². The first-order chi connectivity index (χ1) is 6.36. The number of pyridine rings is 1. The quantitative estimate of drug-likeness (QED) is 0.709. The van der Waals surface area contributed by atoms with Crippen LogP contribution in [0.4, 0.5) is 0 Å². The second-order valence-corrected chi connectivity index (χ2v) is 3.76. The van der Waals surface area contributed by atoms with E-state index in [0.717, 1.165) is 6.54 Å². The van der Waals surface area contributed by atoms with Crippen LogP contribution in [0.15, 0.2) is 18.3 Å². The summed E-state index contributed by atoms with van der Waals surface area (Å²) in [5.41, 5.74) is 2.44. The van der Waals surface area contributed by atoms with Crippen LogP contribution in [0.5, 0.6) is 0 Å². The standard InChI is InChI=1S/C11H16N2/c1-9-5-6-11(13-8-9)10-4-2-3-7-12-10/h5-6,8,10,12H,2-4,7H2,1H3. The van der Waals surface area contributed by atoms with Gasteiger partial charge in [-0.15, -0.1) is 0 Å². The van der Waals surface area contributed by atoms with E-state index in [1.165, 1.54) is 30.5 Å². The van der Waals surface area contributed by atoms with Crippen molar-refractivity contribution in [1.29, 1.82) is 0 Å². The molecule has 1 fully saturated rings. The summed E-state index contributed by atoms with van der Waals surface area (Å²) < 4.78 is 0. The number of piperidine rings is 1. The maximum atomic E-state index is 4.44. The minimum absolute atomic E-state index is 0.495. The predicted molar refractivity (Wildman–Crippen MR) is 53.6 cm³/mol. The van der Waals surface area contributed by atoms with Gasteiger partial charge >= 0.3 is 0 Å². The van der Waals surface area contributed by atoms with Crippen molar-refractivity contribution in [3.05, 3.63) is 29.6 Å². The van der Waals surface area contributed by atoms with Crippen molar-refractivity contribution in [2.45, 2.75) is 32.2 Å². The highest BCUT2D eigenvalue weighted by Crippen LogP contribution is 2.20. The first-order valence-corrected chi connectivity index (χ1v) is 5.02. The average Bonchev–Trinajstić information content (AvgIpc) is 2.20. The summed E-state index contributed by atoms with van der Waals surface area (Å²) in [5, 5.41) is 3.49. The number of hydrogen-bond donors (Lipinski definition) is 1. The van der Waals surface area contributed by atoms with Crippen LogP contribution in [0.1, 0.15) is 36.6 Å². The van der Waals surface area contributed by atoms with Crippen molar-refractivity contribution in [2.24, 2.45) is 0 Å². The Labute approximate surface area is 79.4 Å². The summed E-state index contributed by atoms with van der Waals surface area (Å²) in [6, 6.07) is 4.77. The molecule has 0 aromatic carbocycles. The van der Waals surface area contributed by atoms with Crippen molar-refractivity contribution in [3.63, 3.8) is 0 Å². The Kier molecular flexibility index (Phi) is 2.60. The number of nitrogens with zero attached hydrogens (tertiary/aromatic N) is 1. The molecule has 1 aromatic heterocycles. The van der Waals surface area contributed by atoms with Crippen LogP contribution in [0.25, 0.3) is 0 Å². The lowest BCUT2D eigenvalue weighted by Gasteiger charge is -2.22. The van der Waals surface area contributed by atoms with Crippen molar-refractivity contribution in [2.75, 3.05) is 6.54 Å². The molecule has 1 aliphatic rings. The summed E-state index contributed by atoms with van der Waals surface area (Å²) in [6.45, 7) is 3.21. The van der Waals surface area contributed by atoms with Gasteiger partial charge in [-0.2, -0.15) is 0 Å². The molecule has 70 valence electrons. The van der Waals surface area contributed by atoms with Gasteiger partial charge in [0, 0.05) is 12.2 Å². The zero-order valence-electron chi connectivity index (χ0n) is 8.09. The highest BCUT2D eigenvalue weighted by molar-refractivity contribution is 5.15. The molecule has 0 aliphatic carbocycles. The summed E-state index contributed by atoms with van der Waals surface area (Å²) in [6.07, 6.45) is 5.82. The van der Waals surface area contributed by atoms with E-state index in [1.807, 2.05) is 6.20 Å². The molecule has 1 unspecified atom stereocenters. The van der Waals surface area contributed by atoms with Gasteiger partial charge in [0.05, 0.1) is 5.69 Å². The number of nitrogens with one attached hydrogen (secondary N) is 1. The highest BCUT2D eigenvalue weighted by atomic mass is 14.9. The van der Waals surface area contributed by atoms with Crippen molar-refractivity contribution in [3.8, 4) is 0 Å². The average molecular weight is 176 g/mol. The Morgan fingerprint density at radius 2 is 2.31 bits per heavy atom. The molecule has 1 atom stereocenters. The number of aryl methyl sites for hydroxylation is 1. The molecule has 1 saturated heterocycles. The van der Waals surface area contributed by atoms with E-state index >= 15 is 0 Å². The molecule has 1 N–H and O–H groups in total. The second kappa shape index (κ2) is 3.88. The first-order valence-electron chi connectivity index (χ1n) is 5.02. The fourth-order valence-corrected chi connectivity index (χ4v) is 1.79. The van der Waals surface area contributed by atoms with Gasteiger partial charge in [0.25, 0.3) is 0 Å². The van der Waals surface area contributed by atoms with Gasteiger partial charge in [-0.3, -0.25) is 4.98 Å². The van der Waals surface area contributed by atoms with Crippen LogP contribution < -0.4 is 5.32 Å². The summed E-state index contributed by atoms with van der Waals surface area (Å²) >= 11 is 0. The molecule has 2 heterocycles. The molecule has 0 bridgehead atoms. The van der Waals surface area contributed by atoms with E-state index < -0.39 is 0 Å². The monoisotopic (exact) mass is 176 g/mol. The molecule has 2 rings (SSSR count). The topological polar surface area (TPSA) is 24.9 Å². The molecule has 13 heavy (non-hydrogen) atoms. The van der Waals surface area contributed by atoms with E-state index in [2.05, 4.69) is 29.4 Å². The van der Waals surface area contributed by atoms with E-state index in [-0.39, 0.29) is 0 Å². The molecule has 1 aliphatic heterocycles.